The maximum absolute atomic E-state index is 12.1. The second-order valence-electron chi connectivity index (χ2n) is 7.73. The smallest absolute Gasteiger partial charge is 0.323 e. The van der Waals surface area contributed by atoms with Crippen molar-refractivity contribution in [2.45, 2.75) is 69.7 Å². The van der Waals surface area contributed by atoms with E-state index in [9.17, 15) is 29.8 Å². The van der Waals surface area contributed by atoms with Crippen LogP contribution in [0.2, 0.25) is 0 Å². The number of fused-ring (bicyclic) bond motifs is 1. The number of hydrogen-bond donors (Lipinski definition) is 1. The van der Waals surface area contributed by atoms with Crippen molar-refractivity contribution in [3.63, 3.8) is 0 Å². The molecule has 0 radical (unpaired) electrons. The topological polar surface area (TPSA) is 202 Å². The summed E-state index contributed by atoms with van der Waals surface area (Å²) in [5, 5.41) is 18.5. The number of carbonyl (C=O) groups excluding carboxylic acids is 2. The quantitative estimate of drug-likeness (QED) is 0.208. The molecule has 2 aliphatic heterocycles. The number of ether oxygens (including phenoxy) is 4. The first-order valence-corrected chi connectivity index (χ1v) is 10.1. The van der Waals surface area contributed by atoms with E-state index in [1.165, 1.54) is 0 Å². The predicted octanol–water partition coefficient (Wildman–Crippen LogP) is -0.454. The van der Waals surface area contributed by atoms with Crippen LogP contribution in [0.4, 0.5) is 0 Å². The zero-order chi connectivity index (χ0) is 23.8. The van der Waals surface area contributed by atoms with Crippen LogP contribution in [0.5, 0.6) is 0 Å². The summed E-state index contributed by atoms with van der Waals surface area (Å²) in [6, 6.07) is -0.775. The summed E-state index contributed by atoms with van der Waals surface area (Å²) < 4.78 is 21.9. The van der Waals surface area contributed by atoms with Crippen LogP contribution in [0.25, 0.3) is 0 Å². The van der Waals surface area contributed by atoms with Crippen molar-refractivity contribution in [2.75, 3.05) is 19.8 Å². The van der Waals surface area contributed by atoms with Crippen LogP contribution in [-0.4, -0.2) is 78.5 Å². The minimum Gasteiger partial charge on any atom is -0.457 e. The first-order chi connectivity index (χ1) is 15.1. The molecule has 0 spiro atoms. The molecule has 182 valence electrons. The fourth-order valence-electron chi connectivity index (χ4n) is 3.27. The van der Waals surface area contributed by atoms with Crippen LogP contribution in [0.3, 0.4) is 0 Å². The predicted molar refractivity (Wildman–Crippen MR) is 101 cm³/mol. The lowest BCUT2D eigenvalue weighted by Gasteiger charge is -2.20. The number of carbonyl (C=O) groups is 2. The van der Waals surface area contributed by atoms with E-state index in [0.717, 1.165) is 0 Å². The van der Waals surface area contributed by atoms with Gasteiger partial charge in [-0.2, -0.15) is 0 Å². The molecule has 2 fully saturated rings. The molecule has 15 heteroatoms. The second-order valence-corrected chi connectivity index (χ2v) is 7.73. The number of esters is 2. The van der Waals surface area contributed by atoms with Crippen LogP contribution in [0.1, 0.15) is 33.1 Å². The second kappa shape index (κ2) is 11.7. The molecule has 0 aromatic heterocycles. The van der Waals surface area contributed by atoms with Crippen molar-refractivity contribution in [3.8, 4) is 0 Å². The lowest BCUT2D eigenvalue weighted by Crippen LogP contribution is -2.42. The Morgan fingerprint density at radius 3 is 2.19 bits per heavy atom. The van der Waals surface area contributed by atoms with Gasteiger partial charge in [0.05, 0.1) is 13.2 Å². The van der Waals surface area contributed by atoms with Gasteiger partial charge in [-0.15, -0.1) is 20.2 Å². The Morgan fingerprint density at radius 2 is 1.66 bits per heavy atom. The first-order valence-electron chi connectivity index (χ1n) is 10.1. The van der Waals surface area contributed by atoms with Gasteiger partial charge < -0.3 is 34.4 Å². The highest BCUT2D eigenvalue weighted by molar-refractivity contribution is 5.76. The van der Waals surface area contributed by atoms with E-state index in [1.807, 2.05) is 0 Å². The van der Waals surface area contributed by atoms with Crippen LogP contribution in [-0.2, 0) is 38.2 Å². The van der Waals surface area contributed by atoms with Crippen molar-refractivity contribution in [1.82, 2.24) is 0 Å². The fourth-order valence-corrected chi connectivity index (χ4v) is 3.27. The Kier molecular flexibility index (Phi) is 9.34. The van der Waals surface area contributed by atoms with E-state index < -0.39 is 65.3 Å². The van der Waals surface area contributed by atoms with E-state index in [4.69, 9.17) is 24.7 Å². The number of hydrogen-bond acceptors (Lipinski definition) is 13. The number of rotatable bonds is 13. The van der Waals surface area contributed by atoms with E-state index in [2.05, 4.69) is 9.68 Å². The normalized spacial score (nSPS) is 26.1. The SMILES string of the molecule is CC(C)[C@H](N)C(=O)O[C@@H]1CO[C@H]2[C@@H]1OC[C@H]2OC(=O)CCCC(CO[N+](=O)[O-])O[N+](=O)[O-]. The van der Waals surface area contributed by atoms with Gasteiger partial charge in [0.2, 0.25) is 0 Å². The molecular weight excluding hydrogens is 438 g/mol. The third-order valence-corrected chi connectivity index (χ3v) is 5.01. The lowest BCUT2D eigenvalue weighted by atomic mass is 10.1. The van der Waals surface area contributed by atoms with Gasteiger partial charge in [-0.25, -0.2) is 0 Å². The summed E-state index contributed by atoms with van der Waals surface area (Å²) in [5.74, 6) is -1.27. The van der Waals surface area contributed by atoms with Gasteiger partial charge >= 0.3 is 11.9 Å². The minimum absolute atomic E-state index is 0.0399. The molecule has 15 nitrogen and oxygen atoms in total. The van der Waals surface area contributed by atoms with Crippen LogP contribution in [0, 0.1) is 26.1 Å². The number of nitrogens with two attached hydrogens (primary N) is 1. The molecule has 2 N–H and O–H groups in total. The summed E-state index contributed by atoms with van der Waals surface area (Å²) in [5.41, 5.74) is 5.78. The zero-order valence-electron chi connectivity index (χ0n) is 17.7. The molecule has 32 heavy (non-hydrogen) atoms. The van der Waals surface area contributed by atoms with Crippen LogP contribution < -0.4 is 5.73 Å². The van der Waals surface area contributed by atoms with Gasteiger partial charge in [0.25, 0.3) is 10.2 Å². The molecule has 0 bridgehead atoms. The van der Waals surface area contributed by atoms with Gasteiger partial charge in [-0.3, -0.25) is 9.59 Å². The molecule has 2 heterocycles. The Bertz CT molecular complexity index is 690. The largest absolute Gasteiger partial charge is 0.457 e. The molecule has 2 saturated heterocycles. The number of nitrogens with zero attached hydrogens (tertiary/aromatic N) is 2. The van der Waals surface area contributed by atoms with Crippen LogP contribution in [0.15, 0.2) is 0 Å². The Hall–Kier alpha value is -2.78. The monoisotopic (exact) mass is 465 g/mol. The lowest BCUT2D eigenvalue weighted by molar-refractivity contribution is -0.790. The zero-order valence-corrected chi connectivity index (χ0v) is 17.7. The Balaban J connectivity index is 1.75. The summed E-state index contributed by atoms with van der Waals surface area (Å²) in [6.07, 6.45) is -3.82. The van der Waals surface area contributed by atoms with Crippen molar-refractivity contribution >= 4 is 11.9 Å². The van der Waals surface area contributed by atoms with E-state index in [1.54, 1.807) is 13.8 Å². The van der Waals surface area contributed by atoms with Gasteiger partial charge in [-0.1, -0.05) is 13.8 Å². The third-order valence-electron chi connectivity index (χ3n) is 5.01. The summed E-state index contributed by atoms with van der Waals surface area (Å²) in [6.45, 7) is 3.08. The Morgan fingerprint density at radius 1 is 1.06 bits per heavy atom. The highest BCUT2D eigenvalue weighted by Gasteiger charge is 2.51. The summed E-state index contributed by atoms with van der Waals surface area (Å²) in [4.78, 5) is 53.3. The van der Waals surface area contributed by atoms with Gasteiger partial charge in [-0.05, 0) is 18.8 Å². The molecule has 0 saturated carbocycles. The molecular formula is C17H27N3O12. The van der Waals surface area contributed by atoms with Gasteiger partial charge in [0, 0.05) is 6.42 Å². The maximum atomic E-state index is 12.1. The van der Waals surface area contributed by atoms with Gasteiger partial charge in [0.1, 0.15) is 31.0 Å². The maximum Gasteiger partial charge on any atom is 0.323 e. The average Bonchev–Trinajstić information content (AvgIpc) is 3.28. The third kappa shape index (κ3) is 7.42. The van der Waals surface area contributed by atoms with Crippen molar-refractivity contribution < 1.29 is 48.4 Å². The van der Waals surface area contributed by atoms with Crippen LogP contribution >= 0.6 is 0 Å². The Labute approximate surface area is 182 Å². The van der Waals surface area contributed by atoms with Gasteiger partial charge in [0.15, 0.2) is 12.2 Å². The highest BCUT2D eigenvalue weighted by atomic mass is 17.0. The fraction of sp³-hybridized carbons (Fsp3) is 0.882. The van der Waals surface area contributed by atoms with Crippen molar-refractivity contribution in [2.24, 2.45) is 11.7 Å². The minimum atomic E-state index is -1.20. The summed E-state index contributed by atoms with van der Waals surface area (Å²) in [7, 11) is 0. The standard InChI is InChI=1S/C17H27N3O12/c1-9(2)14(18)17(22)31-12-8-28-15-11(7-27-16(12)15)30-13(21)5-3-4-10(32-20(25)26)6-29-19(23)24/h9-12,14-16H,3-8,18H2,1-2H3/t10?,11-,12-,14+,15-,16-/m1/s1. The molecule has 2 rings (SSSR count). The van der Waals surface area contributed by atoms with E-state index >= 15 is 0 Å². The molecule has 0 aromatic rings. The van der Waals surface area contributed by atoms with E-state index in [-0.39, 0.29) is 38.4 Å². The summed E-state index contributed by atoms with van der Waals surface area (Å²) >= 11 is 0. The molecule has 6 atom stereocenters. The molecule has 1 unspecified atom stereocenters. The van der Waals surface area contributed by atoms with E-state index in [0.29, 0.717) is 0 Å². The highest BCUT2D eigenvalue weighted by Crippen LogP contribution is 2.31. The van der Waals surface area contributed by atoms with Crippen molar-refractivity contribution in [1.29, 1.82) is 0 Å². The average molecular weight is 465 g/mol. The molecule has 2 aliphatic rings. The first kappa shape index (κ1) is 25.5. The van der Waals surface area contributed by atoms with Crippen molar-refractivity contribution in [3.05, 3.63) is 20.2 Å². The molecule has 0 amide bonds. The molecule has 0 aromatic carbocycles. The molecule has 0 aliphatic carbocycles.